The Morgan fingerprint density at radius 2 is 0.462 bits per heavy atom. The molecule has 0 saturated heterocycles. The monoisotopic (exact) mass is 1100 g/mol. The first-order valence-corrected chi connectivity index (χ1v) is 35.3. The number of allylic oxidation sites excluding steroid dienone is 4. The molecule has 0 aromatic rings. The van der Waals surface area contributed by atoms with Gasteiger partial charge in [-0.2, -0.15) is 0 Å². The highest BCUT2D eigenvalue weighted by atomic mass is 16.6. The third-order valence-corrected chi connectivity index (χ3v) is 16.2. The number of hydrogen-bond donors (Lipinski definition) is 0. The van der Waals surface area contributed by atoms with E-state index in [4.69, 9.17) is 14.2 Å². The minimum atomic E-state index is -0.772. The molecule has 0 aliphatic heterocycles. The molecule has 0 spiro atoms. The van der Waals surface area contributed by atoms with Crippen LogP contribution in [0.15, 0.2) is 24.3 Å². The van der Waals surface area contributed by atoms with Crippen LogP contribution in [0.4, 0.5) is 0 Å². The molecule has 460 valence electrons. The highest BCUT2D eigenvalue weighted by Crippen LogP contribution is 2.19. The molecule has 0 bridgehead atoms. The summed E-state index contributed by atoms with van der Waals surface area (Å²) in [5.74, 6) is -0.847. The van der Waals surface area contributed by atoms with Crippen molar-refractivity contribution >= 4 is 17.9 Å². The summed E-state index contributed by atoms with van der Waals surface area (Å²) in [5, 5.41) is 0. The molecule has 0 heterocycles. The van der Waals surface area contributed by atoms with E-state index in [0.717, 1.165) is 70.6 Å². The van der Waals surface area contributed by atoms with E-state index in [0.29, 0.717) is 19.3 Å². The van der Waals surface area contributed by atoms with Crippen molar-refractivity contribution in [2.45, 2.75) is 406 Å². The Balaban J connectivity index is 4.13. The molecule has 1 atom stereocenters. The highest BCUT2D eigenvalue weighted by Gasteiger charge is 2.19. The van der Waals surface area contributed by atoms with Crippen LogP contribution in [0, 0.1) is 0 Å². The maximum Gasteiger partial charge on any atom is 0.306 e. The van der Waals surface area contributed by atoms with Crippen LogP contribution in [0.3, 0.4) is 0 Å². The third-order valence-electron chi connectivity index (χ3n) is 16.2. The number of unbranched alkanes of at least 4 members (excludes halogenated alkanes) is 51. The van der Waals surface area contributed by atoms with Crippen molar-refractivity contribution in [1.29, 1.82) is 0 Å². The summed E-state index contributed by atoms with van der Waals surface area (Å²) in [7, 11) is 0. The lowest BCUT2D eigenvalue weighted by molar-refractivity contribution is -0.167. The van der Waals surface area contributed by atoms with E-state index in [1.165, 1.54) is 289 Å². The van der Waals surface area contributed by atoms with Crippen LogP contribution < -0.4 is 0 Å². The maximum atomic E-state index is 12.9. The quantitative estimate of drug-likeness (QED) is 0.0261. The first-order valence-electron chi connectivity index (χ1n) is 35.3. The average Bonchev–Trinajstić information content (AvgIpc) is 3.44. The highest BCUT2D eigenvalue weighted by molar-refractivity contribution is 5.71. The molecule has 1 unspecified atom stereocenters. The summed E-state index contributed by atoms with van der Waals surface area (Å²) in [4.78, 5) is 38.3. The van der Waals surface area contributed by atoms with Gasteiger partial charge in [0.15, 0.2) is 6.10 Å². The normalized spacial score (nSPS) is 12.1. The van der Waals surface area contributed by atoms with Crippen LogP contribution in [-0.2, 0) is 28.6 Å². The van der Waals surface area contributed by atoms with Gasteiger partial charge in [-0.15, -0.1) is 0 Å². The molecular weight excluding hydrogens is 961 g/mol. The predicted octanol–water partition coefficient (Wildman–Crippen LogP) is 24.2. The molecule has 0 rings (SSSR count). The lowest BCUT2D eigenvalue weighted by Crippen LogP contribution is -2.30. The van der Waals surface area contributed by atoms with Gasteiger partial charge in [0.25, 0.3) is 0 Å². The van der Waals surface area contributed by atoms with Gasteiger partial charge < -0.3 is 14.2 Å². The summed E-state index contributed by atoms with van der Waals surface area (Å²) in [6, 6.07) is 0. The Hall–Kier alpha value is -2.11. The molecule has 0 aromatic heterocycles. The lowest BCUT2D eigenvalue weighted by atomic mass is 10.0. The van der Waals surface area contributed by atoms with Gasteiger partial charge >= 0.3 is 17.9 Å². The Morgan fingerprint density at radius 1 is 0.256 bits per heavy atom. The Morgan fingerprint density at radius 3 is 0.718 bits per heavy atom. The topological polar surface area (TPSA) is 78.9 Å². The number of rotatable bonds is 66. The fourth-order valence-corrected chi connectivity index (χ4v) is 10.9. The maximum absolute atomic E-state index is 12.9. The van der Waals surface area contributed by atoms with Crippen molar-refractivity contribution in [3.63, 3.8) is 0 Å². The van der Waals surface area contributed by atoms with Crippen LogP contribution in [0.25, 0.3) is 0 Å². The van der Waals surface area contributed by atoms with Crippen LogP contribution in [0.1, 0.15) is 400 Å². The summed E-state index contributed by atoms with van der Waals surface area (Å²) in [6.07, 6.45) is 82.2. The number of carbonyl (C=O) groups is 3. The fourth-order valence-electron chi connectivity index (χ4n) is 10.9. The molecule has 78 heavy (non-hydrogen) atoms. The molecule has 0 N–H and O–H groups in total. The van der Waals surface area contributed by atoms with Crippen LogP contribution in [-0.4, -0.2) is 37.2 Å². The number of carbonyl (C=O) groups excluding carboxylic acids is 3. The lowest BCUT2D eigenvalue weighted by Gasteiger charge is -2.18. The summed E-state index contributed by atoms with van der Waals surface area (Å²) in [5.41, 5.74) is 0. The third kappa shape index (κ3) is 64.7. The Labute approximate surface area is 487 Å². The number of hydrogen-bond acceptors (Lipinski definition) is 6. The van der Waals surface area contributed by atoms with E-state index in [-0.39, 0.29) is 31.1 Å². The van der Waals surface area contributed by atoms with Crippen molar-refractivity contribution in [2.24, 2.45) is 0 Å². The molecule has 0 amide bonds. The van der Waals surface area contributed by atoms with E-state index < -0.39 is 6.10 Å². The minimum absolute atomic E-state index is 0.0684. The van der Waals surface area contributed by atoms with Gasteiger partial charge in [0.2, 0.25) is 0 Å². The Bertz CT molecular complexity index is 1260. The van der Waals surface area contributed by atoms with Crippen LogP contribution >= 0.6 is 0 Å². The molecule has 0 aliphatic rings. The van der Waals surface area contributed by atoms with Gasteiger partial charge in [0, 0.05) is 19.3 Å². The Kier molecular flexibility index (Phi) is 65.6. The summed E-state index contributed by atoms with van der Waals surface area (Å²) >= 11 is 0. The van der Waals surface area contributed by atoms with Gasteiger partial charge in [-0.3, -0.25) is 14.4 Å². The summed E-state index contributed by atoms with van der Waals surface area (Å²) < 4.78 is 17.0. The molecule has 0 fully saturated rings. The van der Waals surface area contributed by atoms with E-state index in [9.17, 15) is 14.4 Å². The van der Waals surface area contributed by atoms with Gasteiger partial charge in [0.1, 0.15) is 13.2 Å². The van der Waals surface area contributed by atoms with Gasteiger partial charge in [0.05, 0.1) is 0 Å². The molecule has 0 radical (unpaired) electrons. The molecular formula is C72H136O6. The van der Waals surface area contributed by atoms with E-state index in [1.807, 2.05) is 0 Å². The molecule has 6 heteroatoms. The van der Waals surface area contributed by atoms with Gasteiger partial charge in [-0.05, 0) is 51.4 Å². The second kappa shape index (κ2) is 67.4. The number of ether oxygens (including phenoxy) is 3. The van der Waals surface area contributed by atoms with Crippen LogP contribution in [0.5, 0.6) is 0 Å². The minimum Gasteiger partial charge on any atom is -0.462 e. The predicted molar refractivity (Wildman–Crippen MR) is 340 cm³/mol. The van der Waals surface area contributed by atoms with Crippen molar-refractivity contribution in [3.8, 4) is 0 Å². The van der Waals surface area contributed by atoms with E-state index in [2.05, 4.69) is 45.1 Å². The van der Waals surface area contributed by atoms with Crippen molar-refractivity contribution in [1.82, 2.24) is 0 Å². The van der Waals surface area contributed by atoms with Crippen molar-refractivity contribution in [3.05, 3.63) is 24.3 Å². The van der Waals surface area contributed by atoms with Crippen molar-refractivity contribution in [2.75, 3.05) is 13.2 Å². The van der Waals surface area contributed by atoms with Gasteiger partial charge in [-0.25, -0.2) is 0 Å². The van der Waals surface area contributed by atoms with E-state index in [1.54, 1.807) is 0 Å². The smallest absolute Gasteiger partial charge is 0.306 e. The second-order valence-electron chi connectivity index (χ2n) is 24.2. The van der Waals surface area contributed by atoms with Gasteiger partial charge in [-0.1, -0.05) is 353 Å². The fraction of sp³-hybridized carbons (Fsp3) is 0.903. The zero-order valence-corrected chi connectivity index (χ0v) is 53.0. The molecule has 6 nitrogen and oxygen atoms in total. The van der Waals surface area contributed by atoms with Crippen molar-refractivity contribution < 1.29 is 28.6 Å². The first-order chi connectivity index (χ1) is 38.5. The molecule has 0 saturated carbocycles. The van der Waals surface area contributed by atoms with E-state index >= 15 is 0 Å². The standard InChI is InChI=1S/C72H136O6/c1-4-7-10-13-16-19-22-25-27-29-31-32-33-34-35-36-37-38-39-40-41-42-44-45-47-50-53-56-59-62-65-71(74)77-68-69(67-76-70(73)64-61-58-55-52-49-24-21-18-15-12-9-6-3)78-72(75)66-63-60-57-54-51-48-46-43-30-28-26-23-20-17-14-11-8-5-2/h20,23,28,30,69H,4-19,21-22,24-27,29,31-68H2,1-3H3/b23-20-,30-28-. The second-order valence-corrected chi connectivity index (χ2v) is 24.2. The zero-order chi connectivity index (χ0) is 56.4. The zero-order valence-electron chi connectivity index (χ0n) is 53.0. The number of esters is 3. The van der Waals surface area contributed by atoms with Crippen LogP contribution in [0.2, 0.25) is 0 Å². The molecule has 0 aromatic carbocycles. The summed E-state index contributed by atoms with van der Waals surface area (Å²) in [6.45, 7) is 6.69. The largest absolute Gasteiger partial charge is 0.462 e. The molecule has 0 aliphatic carbocycles. The first kappa shape index (κ1) is 75.9. The SMILES string of the molecule is CCCCCC/C=C\C/C=C\CCCCCCCCCC(=O)OC(COC(=O)CCCCCCCCCCCCCC)COC(=O)CCCCCCCCCCCCCCCCCCCCCCCCCCCCCCCC. The average molecular weight is 1100 g/mol.